The third-order valence-electron chi connectivity index (χ3n) is 4.09. The number of anilines is 2. The van der Waals surface area contributed by atoms with Crippen molar-refractivity contribution in [3.63, 3.8) is 0 Å². The number of rotatable bonds is 8. The molecule has 8 heteroatoms. The van der Waals surface area contributed by atoms with Crippen LogP contribution in [0.2, 0.25) is 10.0 Å². The predicted octanol–water partition coefficient (Wildman–Crippen LogP) is 6.38. The molecule has 31 heavy (non-hydrogen) atoms. The molecular weight excluding hydrogens is 455 g/mol. The maximum absolute atomic E-state index is 12.5. The van der Waals surface area contributed by atoms with Crippen LogP contribution >= 0.6 is 35.0 Å². The first-order chi connectivity index (χ1) is 14.9. The fourth-order valence-corrected chi connectivity index (χ4v) is 3.93. The summed E-state index contributed by atoms with van der Waals surface area (Å²) < 4.78 is 5.39. The van der Waals surface area contributed by atoms with E-state index in [-0.39, 0.29) is 22.6 Å². The molecule has 0 saturated carbocycles. The second-order valence-corrected chi connectivity index (χ2v) is 8.29. The lowest BCUT2D eigenvalue weighted by molar-refractivity contribution is -0.113. The van der Waals surface area contributed by atoms with Crippen molar-refractivity contribution in [1.82, 2.24) is 0 Å². The van der Waals surface area contributed by atoms with E-state index in [9.17, 15) is 9.59 Å². The molecule has 0 saturated heterocycles. The summed E-state index contributed by atoms with van der Waals surface area (Å²) in [4.78, 5) is 25.6. The van der Waals surface area contributed by atoms with Gasteiger partial charge in [-0.15, -0.1) is 11.8 Å². The third-order valence-corrected chi connectivity index (χ3v) is 5.63. The van der Waals surface area contributed by atoms with Gasteiger partial charge in [-0.2, -0.15) is 0 Å². The summed E-state index contributed by atoms with van der Waals surface area (Å²) in [6.07, 6.45) is 0. The molecule has 160 valence electrons. The van der Waals surface area contributed by atoms with Gasteiger partial charge in [-0.05, 0) is 67.6 Å². The molecule has 2 amide bonds. The smallest absolute Gasteiger partial charge is 0.257 e. The summed E-state index contributed by atoms with van der Waals surface area (Å²) in [6, 6.07) is 19.2. The number of hydrogen-bond donors (Lipinski definition) is 2. The van der Waals surface area contributed by atoms with Gasteiger partial charge >= 0.3 is 0 Å². The highest BCUT2D eigenvalue weighted by Gasteiger charge is 2.12. The van der Waals surface area contributed by atoms with Crippen molar-refractivity contribution in [1.29, 1.82) is 0 Å². The van der Waals surface area contributed by atoms with Crippen molar-refractivity contribution in [2.24, 2.45) is 0 Å². The van der Waals surface area contributed by atoms with Gasteiger partial charge in [0.2, 0.25) is 5.91 Å². The zero-order chi connectivity index (χ0) is 22.2. The summed E-state index contributed by atoms with van der Waals surface area (Å²) in [6.45, 7) is 2.51. The van der Waals surface area contributed by atoms with Crippen LogP contribution in [0.15, 0.2) is 71.6 Å². The van der Waals surface area contributed by atoms with Gasteiger partial charge in [0, 0.05) is 21.3 Å². The van der Waals surface area contributed by atoms with E-state index < -0.39 is 0 Å². The van der Waals surface area contributed by atoms with Crippen LogP contribution in [0.25, 0.3) is 0 Å². The zero-order valence-corrected chi connectivity index (χ0v) is 19.0. The molecule has 0 atom stereocenters. The zero-order valence-electron chi connectivity index (χ0n) is 16.7. The summed E-state index contributed by atoms with van der Waals surface area (Å²) in [5.74, 6) is 0.524. The molecule has 0 aliphatic carbocycles. The first-order valence-electron chi connectivity index (χ1n) is 9.46. The van der Waals surface area contributed by atoms with E-state index in [0.29, 0.717) is 28.6 Å². The van der Waals surface area contributed by atoms with Crippen LogP contribution in [0.4, 0.5) is 11.4 Å². The molecule has 0 aromatic heterocycles. The summed E-state index contributed by atoms with van der Waals surface area (Å²) >= 11 is 13.3. The fourth-order valence-electron chi connectivity index (χ4n) is 2.68. The highest BCUT2D eigenvalue weighted by Crippen LogP contribution is 2.25. The summed E-state index contributed by atoms with van der Waals surface area (Å²) in [7, 11) is 0. The van der Waals surface area contributed by atoms with Crippen LogP contribution in [0.5, 0.6) is 5.75 Å². The van der Waals surface area contributed by atoms with E-state index in [0.717, 1.165) is 10.6 Å². The Hall–Kier alpha value is -2.67. The number of ether oxygens (including phenoxy) is 1. The Morgan fingerprint density at radius 3 is 2.42 bits per heavy atom. The first kappa shape index (κ1) is 23.0. The van der Waals surface area contributed by atoms with E-state index in [1.807, 2.05) is 31.2 Å². The number of halogens is 2. The second-order valence-electron chi connectivity index (χ2n) is 6.40. The standard InChI is InChI=1S/C23H20Cl2N2O3S/c1-2-30-18-9-7-16(8-10-18)26-22(28)14-31-19-5-3-4-17(13-19)27-23(29)20-11-6-15(24)12-21(20)25/h3-13H,2,14H2,1H3,(H,26,28)(H,27,29). The van der Waals surface area contributed by atoms with Crippen LogP contribution in [-0.2, 0) is 4.79 Å². The van der Waals surface area contributed by atoms with E-state index in [1.165, 1.54) is 17.8 Å². The average molecular weight is 475 g/mol. The van der Waals surface area contributed by atoms with Crippen LogP contribution in [0.1, 0.15) is 17.3 Å². The number of nitrogens with one attached hydrogen (secondary N) is 2. The number of amides is 2. The Kier molecular flexibility index (Phi) is 8.23. The van der Waals surface area contributed by atoms with E-state index in [2.05, 4.69) is 10.6 Å². The summed E-state index contributed by atoms with van der Waals surface area (Å²) in [5, 5.41) is 6.40. The molecule has 0 aliphatic rings. The van der Waals surface area contributed by atoms with Gasteiger partial charge in [-0.3, -0.25) is 9.59 Å². The van der Waals surface area contributed by atoms with Crippen LogP contribution in [0, 0.1) is 0 Å². The Balaban J connectivity index is 1.55. The average Bonchev–Trinajstić information content (AvgIpc) is 2.74. The van der Waals surface area contributed by atoms with Crippen LogP contribution in [-0.4, -0.2) is 24.2 Å². The quantitative estimate of drug-likeness (QED) is 0.371. The summed E-state index contributed by atoms with van der Waals surface area (Å²) in [5.41, 5.74) is 1.64. The highest BCUT2D eigenvalue weighted by molar-refractivity contribution is 8.00. The van der Waals surface area contributed by atoms with Gasteiger partial charge in [0.15, 0.2) is 0 Å². The van der Waals surface area contributed by atoms with E-state index >= 15 is 0 Å². The van der Waals surface area contributed by atoms with Crippen LogP contribution < -0.4 is 15.4 Å². The lowest BCUT2D eigenvalue weighted by Crippen LogP contribution is -2.14. The molecule has 0 heterocycles. The molecule has 0 radical (unpaired) electrons. The molecule has 0 fully saturated rings. The molecule has 0 spiro atoms. The van der Waals surface area contributed by atoms with Gasteiger partial charge in [0.05, 0.1) is 22.9 Å². The van der Waals surface area contributed by atoms with Gasteiger partial charge in [0.1, 0.15) is 5.75 Å². The molecule has 0 aliphatic heterocycles. The van der Waals surface area contributed by atoms with Gasteiger partial charge in [-0.25, -0.2) is 0 Å². The maximum Gasteiger partial charge on any atom is 0.257 e. The molecule has 0 unspecified atom stereocenters. The Morgan fingerprint density at radius 2 is 1.71 bits per heavy atom. The minimum Gasteiger partial charge on any atom is -0.494 e. The highest BCUT2D eigenvalue weighted by atomic mass is 35.5. The predicted molar refractivity (Wildman–Crippen MR) is 128 cm³/mol. The largest absolute Gasteiger partial charge is 0.494 e. The Morgan fingerprint density at radius 1 is 0.935 bits per heavy atom. The minimum absolute atomic E-state index is 0.128. The van der Waals surface area contributed by atoms with Crippen molar-refractivity contribution in [3.8, 4) is 5.75 Å². The second kappa shape index (κ2) is 11.1. The van der Waals surface area contributed by atoms with Crippen molar-refractivity contribution in [2.45, 2.75) is 11.8 Å². The fraction of sp³-hybridized carbons (Fsp3) is 0.130. The SMILES string of the molecule is CCOc1ccc(NC(=O)CSc2cccc(NC(=O)c3ccc(Cl)cc3Cl)c2)cc1. The first-order valence-corrected chi connectivity index (χ1v) is 11.2. The number of carbonyl (C=O) groups excluding carboxylic acids is 2. The molecule has 3 rings (SSSR count). The minimum atomic E-state index is -0.336. The molecule has 2 N–H and O–H groups in total. The monoisotopic (exact) mass is 474 g/mol. The van der Waals surface area contributed by atoms with Crippen molar-refractivity contribution < 1.29 is 14.3 Å². The Bertz CT molecular complexity index is 1070. The van der Waals surface area contributed by atoms with Crippen molar-refractivity contribution in [2.75, 3.05) is 23.0 Å². The molecular formula is C23H20Cl2N2O3S. The molecule has 3 aromatic carbocycles. The van der Waals surface area contributed by atoms with Crippen LogP contribution in [0.3, 0.4) is 0 Å². The lowest BCUT2D eigenvalue weighted by Gasteiger charge is -2.09. The third kappa shape index (κ3) is 6.92. The number of hydrogen-bond acceptors (Lipinski definition) is 4. The van der Waals surface area contributed by atoms with Crippen molar-refractivity contribution in [3.05, 3.63) is 82.3 Å². The normalized spacial score (nSPS) is 10.4. The number of carbonyl (C=O) groups is 2. The molecule has 5 nitrogen and oxygen atoms in total. The molecule has 0 bridgehead atoms. The molecule has 3 aromatic rings. The number of thioether (sulfide) groups is 1. The topological polar surface area (TPSA) is 67.4 Å². The maximum atomic E-state index is 12.5. The lowest BCUT2D eigenvalue weighted by atomic mass is 10.2. The van der Waals surface area contributed by atoms with E-state index in [4.69, 9.17) is 27.9 Å². The van der Waals surface area contributed by atoms with E-state index in [1.54, 1.807) is 36.4 Å². The number of benzene rings is 3. The van der Waals surface area contributed by atoms with Gasteiger partial charge < -0.3 is 15.4 Å². The van der Waals surface area contributed by atoms with Gasteiger partial charge in [-0.1, -0.05) is 29.3 Å². The Labute approximate surface area is 195 Å². The van der Waals surface area contributed by atoms with Crippen molar-refractivity contribution >= 4 is 58.2 Å². The van der Waals surface area contributed by atoms with Gasteiger partial charge in [0.25, 0.3) is 5.91 Å².